The molecular formula is C17H36O7Si. The van der Waals surface area contributed by atoms with Gasteiger partial charge in [0.1, 0.15) is 0 Å². The van der Waals surface area contributed by atoms with Crippen LogP contribution < -0.4 is 0 Å². The fraction of sp³-hybridized carbons (Fsp3) is 0.941. The highest BCUT2D eigenvalue weighted by Crippen LogP contribution is 2.36. The number of carboxylic acids is 1. The molecule has 150 valence electrons. The summed E-state index contributed by atoms with van der Waals surface area (Å²) in [6, 6.07) is 0. The number of hydrogen-bond donors (Lipinski definition) is 1. The van der Waals surface area contributed by atoms with E-state index in [1.54, 1.807) is 0 Å². The van der Waals surface area contributed by atoms with E-state index < -0.39 is 14.3 Å². The second kappa shape index (κ2) is 13.7. The van der Waals surface area contributed by atoms with Gasteiger partial charge in [-0.05, 0) is 18.1 Å². The van der Waals surface area contributed by atoms with Crippen LogP contribution in [0.4, 0.5) is 0 Å². The molecule has 8 heteroatoms. The predicted octanol–water partition coefficient (Wildman–Crippen LogP) is 2.55. The first-order valence-electron chi connectivity index (χ1n) is 8.83. The van der Waals surface area contributed by atoms with Crippen molar-refractivity contribution in [1.29, 1.82) is 0 Å². The molecule has 0 aliphatic heterocycles. The average Bonchev–Trinajstić information content (AvgIpc) is 2.49. The number of aliphatic carboxylic acids is 1. The van der Waals surface area contributed by atoms with Crippen molar-refractivity contribution in [1.82, 2.24) is 0 Å². The molecule has 0 rings (SSSR count). The normalized spacial score (nSPS) is 12.5. The van der Waals surface area contributed by atoms with Crippen LogP contribution in [-0.4, -0.2) is 78.9 Å². The van der Waals surface area contributed by atoms with Gasteiger partial charge >= 0.3 is 5.97 Å². The molecule has 1 N–H and O–H groups in total. The van der Waals surface area contributed by atoms with Gasteiger partial charge in [-0.1, -0.05) is 20.8 Å². The summed E-state index contributed by atoms with van der Waals surface area (Å²) in [6.45, 7) is 15.4. The van der Waals surface area contributed by atoms with Gasteiger partial charge in [0.2, 0.25) is 0 Å². The van der Waals surface area contributed by atoms with Crippen LogP contribution in [0.5, 0.6) is 0 Å². The van der Waals surface area contributed by atoms with Gasteiger partial charge in [-0.2, -0.15) is 0 Å². The standard InChI is InChI=1S/C17H36O7Si/c1-17(2,3)25(4,5)24-15-14-23-13-12-22-11-10-21-9-8-20-7-6-16(18)19/h6-15H2,1-5H3,(H,18,19). The summed E-state index contributed by atoms with van der Waals surface area (Å²) in [5.74, 6) is -0.858. The van der Waals surface area contributed by atoms with Crippen LogP contribution in [0.15, 0.2) is 0 Å². The molecule has 0 heterocycles. The van der Waals surface area contributed by atoms with E-state index in [1.807, 2.05) is 0 Å². The lowest BCUT2D eigenvalue weighted by atomic mass is 10.2. The van der Waals surface area contributed by atoms with Crippen molar-refractivity contribution in [3.63, 3.8) is 0 Å². The van der Waals surface area contributed by atoms with Crippen molar-refractivity contribution in [2.45, 2.75) is 45.3 Å². The smallest absolute Gasteiger partial charge is 0.305 e. The highest BCUT2D eigenvalue weighted by Gasteiger charge is 2.36. The first-order chi connectivity index (χ1) is 11.7. The third-order valence-electron chi connectivity index (χ3n) is 4.07. The summed E-state index contributed by atoms with van der Waals surface area (Å²) < 4.78 is 27.3. The Kier molecular flexibility index (Phi) is 13.4. The van der Waals surface area contributed by atoms with Crippen LogP contribution in [0.1, 0.15) is 27.2 Å². The summed E-state index contributed by atoms with van der Waals surface area (Å²) >= 11 is 0. The maximum atomic E-state index is 10.3. The van der Waals surface area contributed by atoms with Crippen LogP contribution in [-0.2, 0) is 28.2 Å². The van der Waals surface area contributed by atoms with Crippen molar-refractivity contribution in [3.05, 3.63) is 0 Å². The minimum atomic E-state index is -1.68. The van der Waals surface area contributed by atoms with Crippen molar-refractivity contribution in [2.75, 3.05) is 59.5 Å². The van der Waals surface area contributed by atoms with E-state index in [9.17, 15) is 4.79 Å². The van der Waals surface area contributed by atoms with E-state index in [4.69, 9.17) is 28.5 Å². The molecule has 0 saturated carbocycles. The molecule has 0 amide bonds. The maximum absolute atomic E-state index is 10.3. The second-order valence-corrected chi connectivity index (χ2v) is 12.0. The third kappa shape index (κ3) is 14.4. The van der Waals surface area contributed by atoms with Crippen LogP contribution >= 0.6 is 0 Å². The largest absolute Gasteiger partial charge is 0.481 e. The zero-order valence-electron chi connectivity index (χ0n) is 16.5. The summed E-state index contributed by atoms with van der Waals surface area (Å²) in [4.78, 5) is 10.3. The van der Waals surface area contributed by atoms with Crippen molar-refractivity contribution in [3.8, 4) is 0 Å². The lowest BCUT2D eigenvalue weighted by Gasteiger charge is -2.36. The van der Waals surface area contributed by atoms with Gasteiger partial charge in [-0.15, -0.1) is 0 Å². The Bertz CT molecular complexity index is 342. The Morgan fingerprint density at radius 3 is 1.48 bits per heavy atom. The van der Waals surface area contributed by atoms with E-state index in [1.165, 1.54) is 0 Å². The SMILES string of the molecule is CC(C)(C)[Si](C)(C)OCCOCCOCCOCCOCCC(=O)O. The van der Waals surface area contributed by atoms with Crippen LogP contribution in [0.2, 0.25) is 18.1 Å². The molecule has 0 radical (unpaired) electrons. The zero-order valence-corrected chi connectivity index (χ0v) is 17.5. The van der Waals surface area contributed by atoms with Crippen molar-refractivity contribution in [2.24, 2.45) is 0 Å². The van der Waals surface area contributed by atoms with Crippen molar-refractivity contribution < 1.29 is 33.3 Å². The molecule has 0 aliphatic carbocycles. The van der Waals surface area contributed by atoms with Gasteiger partial charge < -0.3 is 28.5 Å². The first-order valence-corrected chi connectivity index (χ1v) is 11.7. The molecule has 0 saturated heterocycles. The Morgan fingerprint density at radius 1 is 0.760 bits per heavy atom. The number of ether oxygens (including phenoxy) is 4. The molecule has 25 heavy (non-hydrogen) atoms. The molecule has 7 nitrogen and oxygen atoms in total. The highest BCUT2D eigenvalue weighted by atomic mass is 28.4. The van der Waals surface area contributed by atoms with Gasteiger partial charge in [0, 0.05) is 0 Å². The zero-order chi connectivity index (χ0) is 19.2. The van der Waals surface area contributed by atoms with E-state index in [2.05, 4.69) is 33.9 Å². The van der Waals surface area contributed by atoms with Crippen LogP contribution in [0.3, 0.4) is 0 Å². The summed E-state index contributed by atoms with van der Waals surface area (Å²) in [6.07, 6.45) is 0.0179. The number of carbonyl (C=O) groups is 1. The molecular weight excluding hydrogens is 344 g/mol. The minimum Gasteiger partial charge on any atom is -0.481 e. The quantitative estimate of drug-likeness (QED) is 0.325. The minimum absolute atomic E-state index is 0.0179. The van der Waals surface area contributed by atoms with Crippen LogP contribution in [0, 0.1) is 0 Å². The molecule has 0 aromatic carbocycles. The Morgan fingerprint density at radius 2 is 1.12 bits per heavy atom. The molecule has 0 atom stereocenters. The average molecular weight is 381 g/mol. The molecule has 0 unspecified atom stereocenters. The number of rotatable bonds is 16. The molecule has 0 bridgehead atoms. The van der Waals surface area contributed by atoms with Gasteiger partial charge in [-0.3, -0.25) is 4.79 Å². The lowest BCUT2D eigenvalue weighted by Crippen LogP contribution is -2.41. The van der Waals surface area contributed by atoms with E-state index in [-0.39, 0.29) is 18.1 Å². The fourth-order valence-electron chi connectivity index (χ4n) is 1.49. The Labute approximate surface area is 153 Å². The third-order valence-corrected chi connectivity index (χ3v) is 8.61. The summed E-state index contributed by atoms with van der Waals surface area (Å²) in [5.41, 5.74) is 0. The van der Waals surface area contributed by atoms with E-state index in [0.29, 0.717) is 52.9 Å². The first kappa shape index (κ1) is 24.5. The monoisotopic (exact) mass is 380 g/mol. The molecule has 0 fully saturated rings. The van der Waals surface area contributed by atoms with Crippen molar-refractivity contribution >= 4 is 14.3 Å². The van der Waals surface area contributed by atoms with Gasteiger partial charge in [0.15, 0.2) is 8.32 Å². The van der Waals surface area contributed by atoms with Gasteiger partial charge in [0.05, 0.1) is 65.9 Å². The van der Waals surface area contributed by atoms with E-state index >= 15 is 0 Å². The molecule has 0 aromatic rings. The summed E-state index contributed by atoms with van der Waals surface area (Å²) in [7, 11) is -1.68. The number of carboxylic acid groups (broad SMARTS) is 1. The van der Waals surface area contributed by atoms with Crippen LogP contribution in [0.25, 0.3) is 0 Å². The Balaban J connectivity index is 3.26. The maximum Gasteiger partial charge on any atom is 0.305 e. The van der Waals surface area contributed by atoms with E-state index in [0.717, 1.165) is 0 Å². The number of hydrogen-bond acceptors (Lipinski definition) is 6. The molecule has 0 spiro atoms. The Hall–Kier alpha value is -0.513. The topological polar surface area (TPSA) is 83.5 Å². The predicted molar refractivity (Wildman–Crippen MR) is 98.7 cm³/mol. The molecule has 0 aliphatic rings. The van der Waals surface area contributed by atoms with Gasteiger partial charge in [-0.25, -0.2) is 0 Å². The summed E-state index contributed by atoms with van der Waals surface area (Å²) in [5, 5.41) is 8.65. The highest BCUT2D eigenvalue weighted by molar-refractivity contribution is 6.74. The molecule has 0 aromatic heterocycles. The second-order valence-electron chi connectivity index (χ2n) is 7.20. The van der Waals surface area contributed by atoms with Gasteiger partial charge in [0.25, 0.3) is 0 Å². The lowest BCUT2D eigenvalue weighted by molar-refractivity contribution is -0.138. The fourth-order valence-corrected chi connectivity index (χ4v) is 2.52.